The van der Waals surface area contributed by atoms with Gasteiger partial charge in [-0.3, -0.25) is 15.0 Å². The third-order valence-corrected chi connectivity index (χ3v) is 4.73. The number of ether oxygens (including phenoxy) is 1. The SMILES string of the molecule is COc1ccccc1CNC(=O)c1n[nH]c2cc(-c3cn[nH]c3)ccc12.O=C(O)C(F)(F)F.O=C(O)C(F)(F)F. The molecule has 2 heterocycles. The Morgan fingerprint density at radius 2 is 1.55 bits per heavy atom. The van der Waals surface area contributed by atoms with Crippen molar-refractivity contribution >= 4 is 28.7 Å². The fourth-order valence-electron chi connectivity index (χ4n) is 2.89. The van der Waals surface area contributed by atoms with Gasteiger partial charge in [-0.2, -0.15) is 36.5 Å². The van der Waals surface area contributed by atoms with Gasteiger partial charge in [-0.05, 0) is 23.8 Å². The largest absolute Gasteiger partial charge is 0.496 e. The summed E-state index contributed by atoms with van der Waals surface area (Å²) in [7, 11) is 1.61. The Bertz CT molecular complexity index is 1430. The third kappa shape index (κ3) is 8.74. The Balaban J connectivity index is 0.000000333. The monoisotopic (exact) mass is 575 g/mol. The van der Waals surface area contributed by atoms with Gasteiger partial charge in [-0.15, -0.1) is 0 Å². The zero-order valence-electron chi connectivity index (χ0n) is 20.1. The van der Waals surface area contributed by atoms with Gasteiger partial charge in [0.15, 0.2) is 5.69 Å². The lowest BCUT2D eigenvalue weighted by Crippen LogP contribution is -2.23. The lowest BCUT2D eigenvalue weighted by Gasteiger charge is -2.08. The van der Waals surface area contributed by atoms with E-state index in [1.165, 1.54) is 0 Å². The minimum atomic E-state index is -5.08. The van der Waals surface area contributed by atoms with Crippen molar-refractivity contribution in [3.8, 4) is 16.9 Å². The van der Waals surface area contributed by atoms with Crippen LogP contribution in [0.4, 0.5) is 26.3 Å². The van der Waals surface area contributed by atoms with Crippen molar-refractivity contribution in [3.05, 3.63) is 66.1 Å². The molecule has 0 saturated carbocycles. The van der Waals surface area contributed by atoms with Crippen molar-refractivity contribution in [1.82, 2.24) is 25.7 Å². The van der Waals surface area contributed by atoms with Crippen LogP contribution in [0, 0.1) is 0 Å². The molecule has 4 rings (SSSR count). The van der Waals surface area contributed by atoms with Crippen LogP contribution in [-0.2, 0) is 16.1 Å². The molecule has 1 amide bonds. The van der Waals surface area contributed by atoms with Gasteiger partial charge in [0.1, 0.15) is 5.75 Å². The number of carbonyl (C=O) groups excluding carboxylic acids is 1. The minimum Gasteiger partial charge on any atom is -0.496 e. The van der Waals surface area contributed by atoms with E-state index < -0.39 is 24.3 Å². The fraction of sp³-hybridized carbons (Fsp3) is 0.174. The summed E-state index contributed by atoms with van der Waals surface area (Å²) in [5.74, 6) is -5.01. The number of nitrogens with zero attached hydrogens (tertiary/aromatic N) is 2. The fourth-order valence-corrected chi connectivity index (χ4v) is 2.89. The molecule has 0 aliphatic heterocycles. The number of benzene rings is 2. The predicted molar refractivity (Wildman–Crippen MR) is 125 cm³/mol. The molecule has 214 valence electrons. The van der Waals surface area contributed by atoms with E-state index in [0.29, 0.717) is 12.2 Å². The number of amides is 1. The van der Waals surface area contributed by atoms with Crippen molar-refractivity contribution in [2.45, 2.75) is 18.9 Å². The second kappa shape index (κ2) is 13.1. The minimum absolute atomic E-state index is 0.238. The van der Waals surface area contributed by atoms with Crippen LogP contribution in [-0.4, -0.2) is 67.9 Å². The number of para-hydroxylation sites is 1. The standard InChI is InChI=1S/C19H17N5O2.2C2HF3O2/c1-26-17-5-3-2-4-13(17)9-20-19(25)18-15-7-6-12(8-16(15)23-24-18)14-10-21-22-11-14;2*3-2(4,5)1(6)7/h2-8,10-11H,9H2,1H3,(H,20,25)(H,21,22)(H,23,24);2*(H,6,7). The van der Waals surface area contributed by atoms with Gasteiger partial charge in [-0.1, -0.05) is 24.3 Å². The summed E-state index contributed by atoms with van der Waals surface area (Å²) in [5.41, 5.74) is 4.05. The maximum absolute atomic E-state index is 12.6. The van der Waals surface area contributed by atoms with E-state index in [0.717, 1.165) is 33.3 Å². The highest BCUT2D eigenvalue weighted by Gasteiger charge is 2.38. The van der Waals surface area contributed by atoms with E-state index >= 15 is 0 Å². The van der Waals surface area contributed by atoms with E-state index in [9.17, 15) is 31.1 Å². The quantitative estimate of drug-likeness (QED) is 0.221. The number of hydrogen-bond donors (Lipinski definition) is 5. The van der Waals surface area contributed by atoms with Crippen LogP contribution in [0.15, 0.2) is 54.9 Å². The van der Waals surface area contributed by atoms with Crippen molar-refractivity contribution in [2.75, 3.05) is 7.11 Å². The molecule has 4 aromatic rings. The van der Waals surface area contributed by atoms with Crippen LogP contribution in [0.1, 0.15) is 16.1 Å². The zero-order valence-corrected chi connectivity index (χ0v) is 20.1. The van der Waals surface area contributed by atoms with Gasteiger partial charge in [0, 0.05) is 29.3 Å². The number of aliphatic carboxylic acids is 2. The number of carbonyl (C=O) groups is 3. The smallest absolute Gasteiger partial charge is 0.490 e. The first-order valence-corrected chi connectivity index (χ1v) is 10.6. The van der Waals surface area contributed by atoms with Gasteiger partial charge >= 0.3 is 24.3 Å². The summed E-state index contributed by atoms with van der Waals surface area (Å²) < 4.78 is 68.8. The first-order valence-electron chi connectivity index (χ1n) is 10.6. The molecular formula is C23H19F6N5O6. The molecule has 0 radical (unpaired) electrons. The molecule has 5 N–H and O–H groups in total. The number of aromatic amines is 2. The molecule has 0 fully saturated rings. The number of methoxy groups -OCH3 is 1. The topological polar surface area (TPSA) is 170 Å². The van der Waals surface area contributed by atoms with E-state index in [4.69, 9.17) is 24.5 Å². The number of H-pyrrole nitrogens is 2. The number of carboxylic acid groups (broad SMARTS) is 2. The average Bonchev–Trinajstić information content (AvgIpc) is 3.57. The van der Waals surface area contributed by atoms with Gasteiger partial charge in [0.2, 0.25) is 0 Å². The van der Waals surface area contributed by atoms with Crippen LogP contribution in [0.25, 0.3) is 22.0 Å². The Hall–Kier alpha value is -5.09. The number of alkyl halides is 6. The maximum Gasteiger partial charge on any atom is 0.490 e. The first kappa shape index (κ1) is 31.1. The molecule has 17 heteroatoms. The van der Waals surface area contributed by atoms with Crippen LogP contribution in [0.3, 0.4) is 0 Å². The van der Waals surface area contributed by atoms with Crippen molar-refractivity contribution in [1.29, 1.82) is 0 Å². The molecule has 0 unspecified atom stereocenters. The summed E-state index contributed by atoms with van der Waals surface area (Å²) in [6.07, 6.45) is -6.60. The van der Waals surface area contributed by atoms with Crippen LogP contribution >= 0.6 is 0 Å². The van der Waals surface area contributed by atoms with Gasteiger partial charge in [0.05, 0.1) is 18.8 Å². The molecule has 0 aliphatic rings. The van der Waals surface area contributed by atoms with Crippen molar-refractivity contribution in [2.24, 2.45) is 0 Å². The number of aromatic nitrogens is 4. The van der Waals surface area contributed by atoms with E-state index in [2.05, 4.69) is 25.7 Å². The lowest BCUT2D eigenvalue weighted by atomic mass is 10.1. The van der Waals surface area contributed by atoms with Crippen LogP contribution in [0.5, 0.6) is 5.75 Å². The lowest BCUT2D eigenvalue weighted by molar-refractivity contribution is -0.193. The van der Waals surface area contributed by atoms with Crippen molar-refractivity contribution in [3.63, 3.8) is 0 Å². The van der Waals surface area contributed by atoms with E-state index in [1.54, 1.807) is 13.3 Å². The number of nitrogens with one attached hydrogen (secondary N) is 3. The summed E-state index contributed by atoms with van der Waals surface area (Å²) in [5, 5.41) is 31.8. The first-order chi connectivity index (χ1) is 18.6. The second-order valence-electron chi connectivity index (χ2n) is 7.42. The van der Waals surface area contributed by atoms with Crippen molar-refractivity contribution < 1.29 is 55.7 Å². The number of fused-ring (bicyclic) bond motifs is 1. The second-order valence-corrected chi connectivity index (χ2v) is 7.42. The number of carboxylic acids is 2. The van der Waals surface area contributed by atoms with E-state index in [1.807, 2.05) is 48.7 Å². The summed E-state index contributed by atoms with van der Waals surface area (Å²) in [6, 6.07) is 13.4. The highest BCUT2D eigenvalue weighted by Crippen LogP contribution is 2.24. The van der Waals surface area contributed by atoms with Crippen LogP contribution in [0.2, 0.25) is 0 Å². The summed E-state index contributed by atoms with van der Waals surface area (Å²) in [6.45, 7) is 0.365. The highest BCUT2D eigenvalue weighted by atomic mass is 19.4. The normalized spacial score (nSPS) is 11.0. The molecule has 0 bridgehead atoms. The van der Waals surface area contributed by atoms with Crippen LogP contribution < -0.4 is 10.1 Å². The summed E-state index contributed by atoms with van der Waals surface area (Å²) >= 11 is 0. The molecule has 2 aromatic carbocycles. The van der Waals surface area contributed by atoms with Gasteiger partial charge in [0.25, 0.3) is 5.91 Å². The average molecular weight is 575 g/mol. The Morgan fingerprint density at radius 3 is 2.08 bits per heavy atom. The van der Waals surface area contributed by atoms with E-state index in [-0.39, 0.29) is 5.91 Å². The zero-order chi connectivity index (χ0) is 30.1. The third-order valence-electron chi connectivity index (χ3n) is 4.73. The number of rotatable bonds is 5. The molecule has 11 nitrogen and oxygen atoms in total. The molecule has 0 atom stereocenters. The summed E-state index contributed by atoms with van der Waals surface area (Å²) in [4.78, 5) is 30.3. The Kier molecular flexibility index (Phi) is 10.2. The maximum atomic E-state index is 12.6. The Labute approximate surface area is 219 Å². The van der Waals surface area contributed by atoms with Gasteiger partial charge < -0.3 is 20.3 Å². The number of halogens is 6. The number of hydrogen-bond acceptors (Lipinski definition) is 6. The molecule has 40 heavy (non-hydrogen) atoms. The molecular weight excluding hydrogens is 556 g/mol. The molecule has 0 aliphatic carbocycles. The Morgan fingerprint density at radius 1 is 0.950 bits per heavy atom. The highest BCUT2D eigenvalue weighted by molar-refractivity contribution is 6.05. The molecule has 0 spiro atoms. The molecule has 2 aromatic heterocycles. The van der Waals surface area contributed by atoms with Gasteiger partial charge in [-0.25, -0.2) is 9.59 Å². The predicted octanol–water partition coefficient (Wildman–Crippen LogP) is 4.16. The molecule has 0 saturated heterocycles.